The molecule has 1 rings (SSSR count). The summed E-state index contributed by atoms with van der Waals surface area (Å²) < 4.78 is 12.7. The molecule has 3 amide bonds. The third-order valence-electron chi connectivity index (χ3n) is 2.79. The predicted molar refractivity (Wildman–Crippen MR) is 75.0 cm³/mol. The molecule has 0 aliphatic carbocycles. The smallest absolute Gasteiger partial charge is 0.315 e. The molecule has 0 bridgehead atoms. The normalized spacial score (nSPS) is 11.6. The molecule has 0 saturated heterocycles. The molecule has 20 heavy (non-hydrogen) atoms. The van der Waals surface area contributed by atoms with Gasteiger partial charge < -0.3 is 16.0 Å². The number of benzene rings is 1. The minimum Gasteiger partial charge on any atom is -0.350 e. The molecule has 110 valence electrons. The number of rotatable bonds is 6. The standard InChI is InChI=1S/C14H20FN3O2/c1-3-10(2)18-14(20)17-9-8-16-13(19)11-4-6-12(15)7-5-11/h4-7,10H,3,8-9H2,1-2H3,(H,16,19)(H2,17,18,20). The second-order valence-corrected chi connectivity index (χ2v) is 4.47. The maximum atomic E-state index is 12.7. The quantitative estimate of drug-likeness (QED) is 0.694. The third kappa shape index (κ3) is 5.69. The van der Waals surface area contributed by atoms with Crippen molar-refractivity contribution in [2.75, 3.05) is 13.1 Å². The molecule has 0 aliphatic heterocycles. The fourth-order valence-electron chi connectivity index (χ4n) is 1.43. The Balaban J connectivity index is 2.22. The Morgan fingerprint density at radius 1 is 1.15 bits per heavy atom. The number of hydrogen-bond acceptors (Lipinski definition) is 2. The summed E-state index contributed by atoms with van der Waals surface area (Å²) in [5, 5.41) is 8.03. The van der Waals surface area contributed by atoms with E-state index in [2.05, 4.69) is 16.0 Å². The summed E-state index contributed by atoms with van der Waals surface area (Å²) in [4.78, 5) is 23.1. The Kier molecular flexibility index (Phi) is 6.49. The average Bonchev–Trinajstić information content (AvgIpc) is 2.44. The van der Waals surface area contributed by atoms with E-state index in [0.29, 0.717) is 18.7 Å². The van der Waals surface area contributed by atoms with Crippen molar-refractivity contribution in [2.45, 2.75) is 26.3 Å². The Bertz CT molecular complexity index is 448. The van der Waals surface area contributed by atoms with Crippen molar-refractivity contribution in [1.29, 1.82) is 0 Å². The number of carbonyl (C=O) groups excluding carboxylic acids is 2. The number of urea groups is 1. The van der Waals surface area contributed by atoms with Crippen molar-refractivity contribution in [3.05, 3.63) is 35.6 Å². The summed E-state index contributed by atoms with van der Waals surface area (Å²) in [7, 11) is 0. The van der Waals surface area contributed by atoms with Crippen LogP contribution in [-0.2, 0) is 0 Å². The Labute approximate surface area is 117 Å². The van der Waals surface area contributed by atoms with Crippen LogP contribution >= 0.6 is 0 Å². The van der Waals surface area contributed by atoms with Crippen LogP contribution in [0.25, 0.3) is 0 Å². The van der Waals surface area contributed by atoms with Crippen LogP contribution in [0.5, 0.6) is 0 Å². The maximum Gasteiger partial charge on any atom is 0.315 e. The van der Waals surface area contributed by atoms with Gasteiger partial charge in [-0.1, -0.05) is 6.92 Å². The monoisotopic (exact) mass is 281 g/mol. The lowest BCUT2D eigenvalue weighted by atomic mass is 10.2. The summed E-state index contributed by atoms with van der Waals surface area (Å²) in [6, 6.07) is 5.14. The highest BCUT2D eigenvalue weighted by Crippen LogP contribution is 2.01. The Morgan fingerprint density at radius 2 is 1.75 bits per heavy atom. The fraction of sp³-hybridized carbons (Fsp3) is 0.429. The number of carbonyl (C=O) groups is 2. The van der Waals surface area contributed by atoms with Gasteiger partial charge in [0.05, 0.1) is 0 Å². The van der Waals surface area contributed by atoms with Gasteiger partial charge in [0.15, 0.2) is 0 Å². The number of halogens is 1. The molecule has 0 radical (unpaired) electrons. The zero-order valence-corrected chi connectivity index (χ0v) is 11.7. The summed E-state index contributed by atoms with van der Waals surface area (Å²) in [6.07, 6.45) is 0.856. The molecule has 5 nitrogen and oxygen atoms in total. The van der Waals surface area contributed by atoms with E-state index in [1.54, 1.807) is 0 Å². The van der Waals surface area contributed by atoms with Crippen LogP contribution in [0.15, 0.2) is 24.3 Å². The van der Waals surface area contributed by atoms with Crippen LogP contribution in [0, 0.1) is 5.82 Å². The van der Waals surface area contributed by atoms with Crippen molar-refractivity contribution >= 4 is 11.9 Å². The molecule has 1 unspecified atom stereocenters. The van der Waals surface area contributed by atoms with Gasteiger partial charge in [0, 0.05) is 24.7 Å². The van der Waals surface area contributed by atoms with Crippen LogP contribution in [0.4, 0.5) is 9.18 Å². The molecule has 0 heterocycles. The molecular weight excluding hydrogens is 261 g/mol. The lowest BCUT2D eigenvalue weighted by Crippen LogP contribution is -2.43. The highest BCUT2D eigenvalue weighted by Gasteiger charge is 2.06. The van der Waals surface area contributed by atoms with Crippen LogP contribution in [-0.4, -0.2) is 31.1 Å². The highest BCUT2D eigenvalue weighted by atomic mass is 19.1. The van der Waals surface area contributed by atoms with E-state index in [0.717, 1.165) is 6.42 Å². The topological polar surface area (TPSA) is 70.2 Å². The Morgan fingerprint density at radius 3 is 2.35 bits per heavy atom. The lowest BCUT2D eigenvalue weighted by molar-refractivity contribution is 0.0953. The van der Waals surface area contributed by atoms with Crippen molar-refractivity contribution < 1.29 is 14.0 Å². The minimum absolute atomic E-state index is 0.115. The van der Waals surface area contributed by atoms with Gasteiger partial charge in [0.1, 0.15) is 5.82 Å². The van der Waals surface area contributed by atoms with E-state index in [1.165, 1.54) is 24.3 Å². The second-order valence-electron chi connectivity index (χ2n) is 4.47. The van der Waals surface area contributed by atoms with E-state index in [1.807, 2.05) is 13.8 Å². The Hall–Kier alpha value is -2.11. The van der Waals surface area contributed by atoms with Gasteiger partial charge in [-0.05, 0) is 37.6 Å². The average molecular weight is 281 g/mol. The first-order valence-electron chi connectivity index (χ1n) is 6.61. The van der Waals surface area contributed by atoms with Gasteiger partial charge in [-0.2, -0.15) is 0 Å². The molecule has 0 aliphatic rings. The first kappa shape index (κ1) is 15.9. The van der Waals surface area contributed by atoms with E-state index in [4.69, 9.17) is 0 Å². The predicted octanol–water partition coefficient (Wildman–Crippen LogP) is 1.65. The number of amides is 3. The lowest BCUT2D eigenvalue weighted by Gasteiger charge is -2.12. The number of nitrogens with one attached hydrogen (secondary N) is 3. The molecule has 1 aromatic rings. The van der Waals surface area contributed by atoms with Gasteiger partial charge in [0.25, 0.3) is 5.91 Å². The van der Waals surface area contributed by atoms with Gasteiger partial charge >= 0.3 is 6.03 Å². The van der Waals surface area contributed by atoms with Gasteiger partial charge in [-0.15, -0.1) is 0 Å². The second kappa shape index (κ2) is 8.14. The fourth-order valence-corrected chi connectivity index (χ4v) is 1.43. The molecule has 0 aromatic heterocycles. The molecular formula is C14H20FN3O2. The van der Waals surface area contributed by atoms with Crippen molar-refractivity contribution in [1.82, 2.24) is 16.0 Å². The minimum atomic E-state index is -0.384. The third-order valence-corrected chi connectivity index (χ3v) is 2.79. The molecule has 1 aromatic carbocycles. The summed E-state index contributed by atoms with van der Waals surface area (Å²) in [5.41, 5.74) is 0.385. The zero-order valence-electron chi connectivity index (χ0n) is 11.7. The van der Waals surface area contributed by atoms with Gasteiger partial charge in [-0.25, -0.2) is 9.18 Å². The van der Waals surface area contributed by atoms with Crippen LogP contribution in [0.1, 0.15) is 30.6 Å². The maximum absolute atomic E-state index is 12.7. The van der Waals surface area contributed by atoms with E-state index >= 15 is 0 Å². The SMILES string of the molecule is CCC(C)NC(=O)NCCNC(=O)c1ccc(F)cc1. The first-order chi connectivity index (χ1) is 9.52. The molecule has 0 spiro atoms. The molecule has 0 fully saturated rings. The van der Waals surface area contributed by atoms with Crippen molar-refractivity contribution in [2.24, 2.45) is 0 Å². The molecule has 6 heteroatoms. The van der Waals surface area contributed by atoms with Crippen molar-refractivity contribution in [3.8, 4) is 0 Å². The van der Waals surface area contributed by atoms with E-state index < -0.39 is 0 Å². The summed E-state index contributed by atoms with van der Waals surface area (Å²) in [5.74, 6) is -0.681. The molecule has 1 atom stereocenters. The van der Waals surface area contributed by atoms with Crippen LogP contribution in [0.2, 0.25) is 0 Å². The van der Waals surface area contributed by atoms with Gasteiger partial charge in [-0.3, -0.25) is 4.79 Å². The molecule has 0 saturated carbocycles. The number of hydrogen-bond donors (Lipinski definition) is 3. The van der Waals surface area contributed by atoms with E-state index in [-0.39, 0.29) is 23.8 Å². The largest absolute Gasteiger partial charge is 0.350 e. The summed E-state index contributed by atoms with van der Waals surface area (Å²) >= 11 is 0. The highest BCUT2D eigenvalue weighted by molar-refractivity contribution is 5.94. The van der Waals surface area contributed by atoms with Gasteiger partial charge in [0.2, 0.25) is 0 Å². The van der Waals surface area contributed by atoms with E-state index in [9.17, 15) is 14.0 Å². The zero-order chi connectivity index (χ0) is 15.0. The van der Waals surface area contributed by atoms with Crippen LogP contribution in [0.3, 0.4) is 0 Å². The van der Waals surface area contributed by atoms with Crippen LogP contribution < -0.4 is 16.0 Å². The van der Waals surface area contributed by atoms with Crippen molar-refractivity contribution in [3.63, 3.8) is 0 Å². The first-order valence-corrected chi connectivity index (χ1v) is 6.61. The summed E-state index contributed by atoms with van der Waals surface area (Å²) in [6.45, 7) is 4.53. The molecule has 3 N–H and O–H groups in total.